The number of ether oxygens (including phenoxy) is 1. The lowest BCUT2D eigenvalue weighted by Crippen LogP contribution is -2.50. The number of piperidine rings is 1. The largest absolute Gasteiger partial charge is 0.497 e. The van der Waals surface area contributed by atoms with E-state index in [1.807, 2.05) is 6.07 Å². The molecule has 0 aliphatic carbocycles. The molecule has 0 radical (unpaired) electrons. The number of nitrogens with one attached hydrogen (secondary N) is 1. The molecule has 2 unspecified atom stereocenters. The van der Waals surface area contributed by atoms with Gasteiger partial charge in [0.05, 0.1) is 17.9 Å². The van der Waals surface area contributed by atoms with Crippen LogP contribution in [-0.2, 0) is 26.0 Å². The molecule has 3 rings (SSSR count). The van der Waals surface area contributed by atoms with Crippen molar-refractivity contribution >= 4 is 21.9 Å². The molecule has 0 bridgehead atoms. The number of hydrogen-bond donors (Lipinski definition) is 2. The number of carboxylic acid groups (broad SMARTS) is 1. The van der Waals surface area contributed by atoms with Gasteiger partial charge in [0, 0.05) is 19.5 Å². The van der Waals surface area contributed by atoms with Crippen molar-refractivity contribution in [2.75, 3.05) is 20.2 Å². The smallest absolute Gasteiger partial charge is 0.326 e. The molecule has 2 N–H and O–H groups in total. The Balaban J connectivity index is 1.68. The summed E-state index contributed by atoms with van der Waals surface area (Å²) in [6.45, 7) is 0.322. The molecule has 0 saturated carbocycles. The monoisotopic (exact) mass is 446 g/mol. The van der Waals surface area contributed by atoms with Crippen molar-refractivity contribution in [2.45, 2.75) is 30.2 Å². The third-order valence-electron chi connectivity index (χ3n) is 5.35. The lowest BCUT2D eigenvalue weighted by molar-refractivity contribution is -0.142. The minimum absolute atomic E-state index is 0.0118. The van der Waals surface area contributed by atoms with Crippen LogP contribution in [0.2, 0.25) is 0 Å². The van der Waals surface area contributed by atoms with Gasteiger partial charge in [-0.1, -0.05) is 30.3 Å². The molecule has 2 atom stereocenters. The Labute approximate surface area is 181 Å². The van der Waals surface area contributed by atoms with Crippen molar-refractivity contribution in [3.8, 4) is 5.75 Å². The van der Waals surface area contributed by atoms with Crippen molar-refractivity contribution in [1.82, 2.24) is 9.62 Å². The molecule has 2 aromatic rings. The van der Waals surface area contributed by atoms with Gasteiger partial charge in [0.25, 0.3) is 0 Å². The van der Waals surface area contributed by atoms with Crippen LogP contribution in [0, 0.1) is 5.92 Å². The Kier molecular flexibility index (Phi) is 7.29. The van der Waals surface area contributed by atoms with Gasteiger partial charge >= 0.3 is 5.97 Å². The Morgan fingerprint density at radius 1 is 1.16 bits per heavy atom. The summed E-state index contributed by atoms with van der Waals surface area (Å²) in [6, 6.07) is 14.0. The normalized spacial score (nSPS) is 18.2. The zero-order valence-electron chi connectivity index (χ0n) is 17.2. The Bertz CT molecular complexity index is 1010. The molecule has 8 nitrogen and oxygen atoms in total. The summed E-state index contributed by atoms with van der Waals surface area (Å²) in [5.74, 6) is -1.64. The fourth-order valence-corrected chi connectivity index (χ4v) is 5.13. The first kappa shape index (κ1) is 22.8. The second-order valence-corrected chi connectivity index (χ2v) is 9.40. The highest BCUT2D eigenvalue weighted by atomic mass is 32.2. The summed E-state index contributed by atoms with van der Waals surface area (Å²) in [5.41, 5.74) is 0.794. The second kappa shape index (κ2) is 9.93. The zero-order valence-corrected chi connectivity index (χ0v) is 18.0. The minimum Gasteiger partial charge on any atom is -0.497 e. The van der Waals surface area contributed by atoms with Crippen LogP contribution in [0.5, 0.6) is 5.75 Å². The van der Waals surface area contributed by atoms with E-state index >= 15 is 0 Å². The number of carboxylic acids is 1. The molecule has 1 heterocycles. The highest BCUT2D eigenvalue weighted by Crippen LogP contribution is 2.25. The maximum absolute atomic E-state index is 13.0. The molecule has 1 aliphatic rings. The molecule has 31 heavy (non-hydrogen) atoms. The molecule has 1 fully saturated rings. The third kappa shape index (κ3) is 5.62. The first-order valence-corrected chi connectivity index (χ1v) is 11.5. The maximum Gasteiger partial charge on any atom is 0.326 e. The van der Waals surface area contributed by atoms with Gasteiger partial charge in [-0.25, -0.2) is 13.2 Å². The van der Waals surface area contributed by atoms with E-state index in [-0.39, 0.29) is 17.9 Å². The van der Waals surface area contributed by atoms with Crippen molar-refractivity contribution in [3.63, 3.8) is 0 Å². The topological polar surface area (TPSA) is 113 Å². The van der Waals surface area contributed by atoms with E-state index in [4.69, 9.17) is 4.74 Å². The van der Waals surface area contributed by atoms with Gasteiger partial charge in [-0.15, -0.1) is 0 Å². The second-order valence-electron chi connectivity index (χ2n) is 7.47. The fraction of sp³-hybridized carbons (Fsp3) is 0.364. The number of amides is 1. The average molecular weight is 447 g/mol. The van der Waals surface area contributed by atoms with Gasteiger partial charge in [-0.2, -0.15) is 4.31 Å². The van der Waals surface area contributed by atoms with E-state index < -0.39 is 33.9 Å². The van der Waals surface area contributed by atoms with Gasteiger partial charge < -0.3 is 15.2 Å². The summed E-state index contributed by atoms with van der Waals surface area (Å²) >= 11 is 0. The third-order valence-corrected chi connectivity index (χ3v) is 7.23. The van der Waals surface area contributed by atoms with Crippen LogP contribution in [0.4, 0.5) is 0 Å². The van der Waals surface area contributed by atoms with Gasteiger partial charge in [0.15, 0.2) is 0 Å². The Morgan fingerprint density at radius 2 is 1.84 bits per heavy atom. The highest BCUT2D eigenvalue weighted by Gasteiger charge is 2.34. The number of carbonyl (C=O) groups excluding carboxylic acids is 1. The molecule has 1 aliphatic heterocycles. The number of methoxy groups -OCH3 is 1. The van der Waals surface area contributed by atoms with Crippen molar-refractivity contribution in [1.29, 1.82) is 0 Å². The molecule has 9 heteroatoms. The molecule has 0 aromatic heterocycles. The summed E-state index contributed by atoms with van der Waals surface area (Å²) < 4.78 is 32.3. The first-order valence-electron chi connectivity index (χ1n) is 10.0. The lowest BCUT2D eigenvalue weighted by atomic mass is 9.97. The molecule has 0 spiro atoms. The predicted molar refractivity (Wildman–Crippen MR) is 114 cm³/mol. The van der Waals surface area contributed by atoms with E-state index in [1.54, 1.807) is 36.4 Å². The van der Waals surface area contributed by atoms with Crippen molar-refractivity contribution in [3.05, 3.63) is 60.2 Å². The standard InChI is InChI=1S/C22H26N2O6S/c1-30-18-9-11-19(12-10-18)31(28,29)24-13-5-8-17(15-24)21(25)23-20(22(26)27)14-16-6-3-2-4-7-16/h2-4,6-7,9-12,17,20H,5,8,13-15H2,1H3,(H,23,25)(H,26,27). The summed E-state index contributed by atoms with van der Waals surface area (Å²) in [6.07, 6.45) is 1.17. The quantitative estimate of drug-likeness (QED) is 0.641. The molecular weight excluding hydrogens is 420 g/mol. The molecule has 2 aromatic carbocycles. The lowest BCUT2D eigenvalue weighted by Gasteiger charge is -2.31. The number of carbonyl (C=O) groups is 2. The Hall–Kier alpha value is -2.91. The van der Waals surface area contributed by atoms with Crippen LogP contribution in [-0.4, -0.2) is 55.9 Å². The zero-order chi connectivity index (χ0) is 22.4. The van der Waals surface area contributed by atoms with Crippen molar-refractivity contribution < 1.29 is 27.9 Å². The van der Waals surface area contributed by atoms with E-state index in [0.717, 1.165) is 5.56 Å². The predicted octanol–water partition coefficient (Wildman–Crippen LogP) is 1.91. The van der Waals surface area contributed by atoms with Crippen LogP contribution in [0.25, 0.3) is 0 Å². The average Bonchev–Trinajstić information content (AvgIpc) is 2.79. The van der Waals surface area contributed by atoms with E-state index in [1.165, 1.54) is 23.5 Å². The van der Waals surface area contributed by atoms with E-state index in [9.17, 15) is 23.1 Å². The van der Waals surface area contributed by atoms with Crippen LogP contribution in [0.3, 0.4) is 0 Å². The summed E-state index contributed by atoms with van der Waals surface area (Å²) in [7, 11) is -2.27. The highest BCUT2D eigenvalue weighted by molar-refractivity contribution is 7.89. The minimum atomic E-state index is -3.77. The van der Waals surface area contributed by atoms with Crippen LogP contribution in [0.15, 0.2) is 59.5 Å². The SMILES string of the molecule is COc1ccc(S(=O)(=O)N2CCCC(C(=O)NC(Cc3ccccc3)C(=O)O)C2)cc1. The first-order chi connectivity index (χ1) is 14.8. The summed E-state index contributed by atoms with van der Waals surface area (Å²) in [5, 5.41) is 12.1. The number of nitrogens with zero attached hydrogens (tertiary/aromatic N) is 1. The molecule has 1 amide bonds. The number of benzene rings is 2. The summed E-state index contributed by atoms with van der Waals surface area (Å²) in [4.78, 5) is 24.6. The maximum atomic E-state index is 13.0. The molecular formula is C22H26N2O6S. The Morgan fingerprint density at radius 3 is 2.45 bits per heavy atom. The molecule has 1 saturated heterocycles. The van der Waals surface area contributed by atoms with Gasteiger partial charge in [0.1, 0.15) is 11.8 Å². The van der Waals surface area contributed by atoms with Gasteiger partial charge in [0.2, 0.25) is 15.9 Å². The van der Waals surface area contributed by atoms with E-state index in [0.29, 0.717) is 25.1 Å². The number of aliphatic carboxylic acids is 1. The fourth-order valence-electron chi connectivity index (χ4n) is 3.61. The van der Waals surface area contributed by atoms with Crippen LogP contribution < -0.4 is 10.1 Å². The van der Waals surface area contributed by atoms with Gasteiger partial charge in [-0.3, -0.25) is 4.79 Å². The number of sulfonamides is 1. The van der Waals surface area contributed by atoms with Gasteiger partial charge in [-0.05, 0) is 42.7 Å². The van der Waals surface area contributed by atoms with Crippen LogP contribution >= 0.6 is 0 Å². The van der Waals surface area contributed by atoms with Crippen molar-refractivity contribution in [2.24, 2.45) is 5.92 Å². The number of hydrogen-bond acceptors (Lipinski definition) is 5. The molecule has 166 valence electrons. The van der Waals surface area contributed by atoms with E-state index in [2.05, 4.69) is 5.32 Å². The van der Waals surface area contributed by atoms with Crippen LogP contribution in [0.1, 0.15) is 18.4 Å². The number of rotatable bonds is 8.